The van der Waals surface area contributed by atoms with E-state index in [1.807, 2.05) is 12.1 Å². The third kappa shape index (κ3) is 2.85. The number of likely N-dealkylation sites (tertiary alicyclic amines) is 1. The van der Waals surface area contributed by atoms with Crippen molar-refractivity contribution >= 4 is 0 Å². The SMILES string of the molecule is CCC(N)(CN1CCCC1)c1ccc(F)cc1. The Bertz CT molecular complexity index is 357. The molecule has 1 saturated heterocycles. The smallest absolute Gasteiger partial charge is 0.123 e. The fourth-order valence-electron chi connectivity index (χ4n) is 2.53. The second-order valence-corrected chi connectivity index (χ2v) is 5.00. The molecule has 1 aromatic carbocycles. The number of nitrogens with zero attached hydrogens (tertiary/aromatic N) is 1. The van der Waals surface area contributed by atoms with Gasteiger partial charge in [0.25, 0.3) is 0 Å². The molecule has 0 radical (unpaired) electrons. The zero-order valence-corrected chi connectivity index (χ0v) is 10.5. The van der Waals surface area contributed by atoms with Crippen LogP contribution in [0.3, 0.4) is 0 Å². The van der Waals surface area contributed by atoms with E-state index in [1.165, 1.54) is 25.0 Å². The van der Waals surface area contributed by atoms with Crippen molar-refractivity contribution in [2.45, 2.75) is 31.7 Å². The summed E-state index contributed by atoms with van der Waals surface area (Å²) in [6.07, 6.45) is 3.40. The van der Waals surface area contributed by atoms with E-state index in [4.69, 9.17) is 5.73 Å². The van der Waals surface area contributed by atoms with Gasteiger partial charge in [0, 0.05) is 6.54 Å². The molecule has 2 nitrogen and oxygen atoms in total. The first-order valence-corrected chi connectivity index (χ1v) is 6.41. The molecule has 1 fully saturated rings. The zero-order valence-electron chi connectivity index (χ0n) is 10.5. The topological polar surface area (TPSA) is 29.3 Å². The lowest BCUT2D eigenvalue weighted by Gasteiger charge is -2.33. The van der Waals surface area contributed by atoms with Gasteiger partial charge in [-0.25, -0.2) is 4.39 Å². The van der Waals surface area contributed by atoms with Crippen LogP contribution >= 0.6 is 0 Å². The van der Waals surface area contributed by atoms with E-state index in [2.05, 4.69) is 11.8 Å². The Morgan fingerprint density at radius 3 is 2.35 bits per heavy atom. The van der Waals surface area contributed by atoms with Crippen molar-refractivity contribution in [2.24, 2.45) is 5.73 Å². The van der Waals surface area contributed by atoms with Gasteiger partial charge in [-0.15, -0.1) is 0 Å². The molecule has 0 spiro atoms. The number of hydrogen-bond acceptors (Lipinski definition) is 2. The number of benzene rings is 1. The average Bonchev–Trinajstić information content (AvgIpc) is 2.82. The lowest BCUT2D eigenvalue weighted by Crippen LogP contribution is -2.46. The van der Waals surface area contributed by atoms with E-state index >= 15 is 0 Å². The molecule has 1 aliphatic rings. The molecule has 1 aliphatic heterocycles. The summed E-state index contributed by atoms with van der Waals surface area (Å²) in [5.41, 5.74) is 7.17. The summed E-state index contributed by atoms with van der Waals surface area (Å²) in [4.78, 5) is 2.41. The van der Waals surface area contributed by atoms with Gasteiger partial charge in [-0.3, -0.25) is 0 Å². The van der Waals surface area contributed by atoms with E-state index in [0.29, 0.717) is 0 Å². The van der Waals surface area contributed by atoms with Crippen molar-refractivity contribution in [3.05, 3.63) is 35.6 Å². The van der Waals surface area contributed by atoms with E-state index in [9.17, 15) is 4.39 Å². The maximum absolute atomic E-state index is 12.9. The van der Waals surface area contributed by atoms with Gasteiger partial charge in [-0.05, 0) is 50.0 Å². The molecule has 0 bridgehead atoms. The molecule has 17 heavy (non-hydrogen) atoms. The highest BCUT2D eigenvalue weighted by atomic mass is 19.1. The monoisotopic (exact) mass is 236 g/mol. The Balaban J connectivity index is 2.14. The van der Waals surface area contributed by atoms with Gasteiger partial charge in [0.05, 0.1) is 5.54 Å². The van der Waals surface area contributed by atoms with Crippen molar-refractivity contribution in [1.82, 2.24) is 4.90 Å². The van der Waals surface area contributed by atoms with Crippen molar-refractivity contribution < 1.29 is 4.39 Å². The Morgan fingerprint density at radius 2 is 1.82 bits per heavy atom. The summed E-state index contributed by atoms with van der Waals surface area (Å²) in [6, 6.07) is 6.62. The van der Waals surface area contributed by atoms with Crippen LogP contribution in [0.25, 0.3) is 0 Å². The summed E-state index contributed by atoms with van der Waals surface area (Å²) < 4.78 is 12.9. The molecule has 0 amide bonds. The molecule has 1 atom stereocenters. The van der Waals surface area contributed by atoms with E-state index in [1.54, 1.807) is 0 Å². The second-order valence-electron chi connectivity index (χ2n) is 5.00. The maximum Gasteiger partial charge on any atom is 0.123 e. The van der Waals surface area contributed by atoms with Crippen LogP contribution in [0.1, 0.15) is 31.7 Å². The highest BCUT2D eigenvalue weighted by Crippen LogP contribution is 2.25. The average molecular weight is 236 g/mol. The van der Waals surface area contributed by atoms with Gasteiger partial charge in [-0.2, -0.15) is 0 Å². The van der Waals surface area contributed by atoms with Crippen LogP contribution in [0, 0.1) is 5.82 Å². The summed E-state index contributed by atoms with van der Waals surface area (Å²) in [5, 5.41) is 0. The van der Waals surface area contributed by atoms with Gasteiger partial charge in [0.2, 0.25) is 0 Å². The first-order chi connectivity index (χ1) is 8.14. The molecule has 94 valence electrons. The van der Waals surface area contributed by atoms with Crippen LogP contribution in [-0.4, -0.2) is 24.5 Å². The van der Waals surface area contributed by atoms with Gasteiger partial charge < -0.3 is 10.6 Å². The van der Waals surface area contributed by atoms with Crippen LogP contribution in [-0.2, 0) is 5.54 Å². The first-order valence-electron chi connectivity index (χ1n) is 6.41. The van der Waals surface area contributed by atoms with Crippen LogP contribution in [0.5, 0.6) is 0 Å². The predicted octanol–water partition coefficient (Wildman–Crippen LogP) is 2.49. The lowest BCUT2D eigenvalue weighted by molar-refractivity contribution is 0.241. The highest BCUT2D eigenvalue weighted by Gasteiger charge is 2.29. The van der Waals surface area contributed by atoms with Crippen molar-refractivity contribution in [1.29, 1.82) is 0 Å². The van der Waals surface area contributed by atoms with Crippen LogP contribution in [0.15, 0.2) is 24.3 Å². The van der Waals surface area contributed by atoms with Crippen LogP contribution < -0.4 is 5.73 Å². The number of rotatable bonds is 4. The molecule has 1 aromatic rings. The highest BCUT2D eigenvalue weighted by molar-refractivity contribution is 5.25. The van der Waals surface area contributed by atoms with Gasteiger partial charge in [-0.1, -0.05) is 19.1 Å². The Labute approximate surface area is 103 Å². The van der Waals surface area contributed by atoms with Crippen molar-refractivity contribution in [3.8, 4) is 0 Å². The molecular formula is C14H21FN2. The minimum Gasteiger partial charge on any atom is -0.320 e. The predicted molar refractivity (Wildman–Crippen MR) is 68.2 cm³/mol. The summed E-state index contributed by atoms with van der Waals surface area (Å²) in [6.45, 7) is 5.24. The standard InChI is InChI=1S/C14H21FN2/c1-2-14(16,11-17-9-3-4-10-17)12-5-7-13(15)8-6-12/h5-8H,2-4,9-11,16H2,1H3. The minimum atomic E-state index is -0.349. The molecule has 1 unspecified atom stereocenters. The van der Waals surface area contributed by atoms with Crippen LogP contribution in [0.4, 0.5) is 4.39 Å². The van der Waals surface area contributed by atoms with Gasteiger partial charge in [0.15, 0.2) is 0 Å². The molecule has 1 heterocycles. The molecule has 3 heteroatoms. The molecule has 0 aliphatic carbocycles. The Morgan fingerprint density at radius 1 is 1.24 bits per heavy atom. The maximum atomic E-state index is 12.9. The fourth-order valence-corrected chi connectivity index (χ4v) is 2.53. The number of halogens is 1. The second kappa shape index (κ2) is 5.15. The van der Waals surface area contributed by atoms with E-state index in [0.717, 1.165) is 31.6 Å². The fraction of sp³-hybridized carbons (Fsp3) is 0.571. The molecule has 0 saturated carbocycles. The third-order valence-corrected chi connectivity index (χ3v) is 3.75. The van der Waals surface area contributed by atoms with Crippen molar-refractivity contribution in [3.63, 3.8) is 0 Å². The molecule has 0 aromatic heterocycles. The lowest BCUT2D eigenvalue weighted by atomic mass is 9.88. The quantitative estimate of drug-likeness (QED) is 0.870. The minimum absolute atomic E-state index is 0.201. The van der Waals surface area contributed by atoms with Gasteiger partial charge >= 0.3 is 0 Å². The van der Waals surface area contributed by atoms with E-state index < -0.39 is 0 Å². The summed E-state index contributed by atoms with van der Waals surface area (Å²) in [7, 11) is 0. The number of nitrogens with two attached hydrogens (primary N) is 1. The number of hydrogen-bond donors (Lipinski definition) is 1. The zero-order chi connectivity index (χ0) is 12.3. The van der Waals surface area contributed by atoms with Gasteiger partial charge in [0.1, 0.15) is 5.82 Å². The molecular weight excluding hydrogens is 215 g/mol. The third-order valence-electron chi connectivity index (χ3n) is 3.75. The summed E-state index contributed by atoms with van der Waals surface area (Å²) in [5.74, 6) is -0.201. The Hall–Kier alpha value is -0.930. The Kier molecular flexibility index (Phi) is 3.79. The van der Waals surface area contributed by atoms with E-state index in [-0.39, 0.29) is 11.4 Å². The first kappa shape index (κ1) is 12.5. The summed E-state index contributed by atoms with van der Waals surface area (Å²) >= 11 is 0. The molecule has 2 N–H and O–H groups in total. The molecule has 2 rings (SSSR count). The van der Waals surface area contributed by atoms with Crippen LogP contribution in [0.2, 0.25) is 0 Å². The normalized spacial score (nSPS) is 20.4. The largest absolute Gasteiger partial charge is 0.320 e. The van der Waals surface area contributed by atoms with Crippen molar-refractivity contribution in [2.75, 3.05) is 19.6 Å².